The predicted octanol–water partition coefficient (Wildman–Crippen LogP) is 3.24. The fourth-order valence-electron chi connectivity index (χ4n) is 4.24. The fourth-order valence-corrected chi connectivity index (χ4v) is 11.2. The molecule has 110 valence electrons. The van der Waals surface area contributed by atoms with Crippen molar-refractivity contribution < 1.29 is 14.7 Å². The first-order chi connectivity index (χ1) is 8.67. The van der Waals surface area contributed by atoms with Crippen LogP contribution in [0.3, 0.4) is 0 Å². The summed E-state index contributed by atoms with van der Waals surface area (Å²) in [6, 6.07) is -0.605. The van der Waals surface area contributed by atoms with Gasteiger partial charge in [-0.25, -0.2) is 0 Å². The summed E-state index contributed by atoms with van der Waals surface area (Å²) in [5, 5.41) is 9.44. The lowest BCUT2D eigenvalue weighted by Gasteiger charge is -2.50. The van der Waals surface area contributed by atoms with Gasteiger partial charge < -0.3 is 9.67 Å². The molecule has 1 amide bonds. The van der Waals surface area contributed by atoms with Crippen LogP contribution in [0.2, 0.25) is 16.6 Å². The highest BCUT2D eigenvalue weighted by Crippen LogP contribution is 2.47. The molecule has 1 atom stereocenters. The second kappa shape index (κ2) is 5.65. The van der Waals surface area contributed by atoms with Gasteiger partial charge in [0.15, 0.2) is 8.24 Å². The van der Waals surface area contributed by atoms with E-state index in [-0.39, 0.29) is 5.91 Å². The van der Waals surface area contributed by atoms with Gasteiger partial charge in [-0.3, -0.25) is 9.59 Å². The Morgan fingerprint density at radius 3 is 1.89 bits per heavy atom. The molecule has 19 heavy (non-hydrogen) atoms. The van der Waals surface area contributed by atoms with Gasteiger partial charge in [-0.1, -0.05) is 41.5 Å². The molecule has 0 saturated carbocycles. The molecule has 0 aromatic heterocycles. The van der Waals surface area contributed by atoms with Crippen LogP contribution in [-0.2, 0) is 9.59 Å². The number of hydrogen-bond donors (Lipinski definition) is 1. The molecule has 1 fully saturated rings. The summed E-state index contributed by atoms with van der Waals surface area (Å²) in [5.41, 5.74) is 1.07. The third-order valence-corrected chi connectivity index (χ3v) is 11.6. The van der Waals surface area contributed by atoms with E-state index in [2.05, 4.69) is 41.5 Å². The lowest BCUT2D eigenvalue weighted by atomic mass is 10.2. The Morgan fingerprint density at radius 1 is 1.16 bits per heavy atom. The Balaban J connectivity index is 3.37. The molecule has 1 N–H and O–H groups in total. The average molecular weight is 285 g/mol. The molecule has 1 aliphatic heterocycles. The standard InChI is InChI=1S/C14H27NO3Si/c1-9(2)19(10(3)4,11(5)6)15-12(14(17)18)7-8-13(15)16/h9-12H,7-8H2,1-6H3,(H,17,18)/t12-/m0/s1. The number of carbonyl (C=O) groups excluding carboxylic acids is 1. The van der Waals surface area contributed by atoms with Crippen LogP contribution in [0, 0.1) is 0 Å². The maximum absolute atomic E-state index is 12.3. The van der Waals surface area contributed by atoms with Gasteiger partial charge in [-0.15, -0.1) is 0 Å². The molecule has 5 heteroatoms. The van der Waals surface area contributed by atoms with Gasteiger partial charge >= 0.3 is 5.97 Å². The summed E-state index contributed by atoms with van der Waals surface area (Å²) in [6.07, 6.45) is 0.854. The van der Waals surface area contributed by atoms with Crippen LogP contribution >= 0.6 is 0 Å². The van der Waals surface area contributed by atoms with Gasteiger partial charge in [-0.2, -0.15) is 0 Å². The monoisotopic (exact) mass is 285 g/mol. The molecular weight excluding hydrogens is 258 g/mol. The second-order valence-electron chi connectivity index (χ2n) is 6.51. The van der Waals surface area contributed by atoms with E-state index < -0.39 is 20.2 Å². The van der Waals surface area contributed by atoms with Gasteiger partial charge in [0.1, 0.15) is 6.04 Å². The maximum Gasteiger partial charge on any atom is 0.325 e. The largest absolute Gasteiger partial charge is 0.480 e. The van der Waals surface area contributed by atoms with Crippen LogP contribution < -0.4 is 0 Å². The normalized spacial score (nSPS) is 21.0. The number of carboxylic acids is 1. The molecule has 0 unspecified atom stereocenters. The van der Waals surface area contributed by atoms with Crippen LogP contribution in [0.1, 0.15) is 54.4 Å². The summed E-state index contributed by atoms with van der Waals surface area (Å²) in [4.78, 5) is 23.8. The molecule has 4 nitrogen and oxygen atoms in total. The van der Waals surface area contributed by atoms with E-state index in [1.54, 1.807) is 0 Å². The molecule has 0 radical (unpaired) electrons. The van der Waals surface area contributed by atoms with Crippen molar-refractivity contribution in [1.29, 1.82) is 0 Å². The van der Waals surface area contributed by atoms with E-state index in [0.29, 0.717) is 29.5 Å². The Kier molecular flexibility index (Phi) is 4.82. The first-order valence-corrected chi connectivity index (χ1v) is 9.40. The molecule has 0 aromatic carbocycles. The van der Waals surface area contributed by atoms with E-state index in [4.69, 9.17) is 0 Å². The van der Waals surface area contributed by atoms with Crippen LogP contribution in [0.5, 0.6) is 0 Å². The summed E-state index contributed by atoms with van der Waals surface area (Å²) in [5.74, 6) is -0.792. The Morgan fingerprint density at radius 2 is 1.58 bits per heavy atom. The first kappa shape index (κ1) is 16.2. The van der Waals surface area contributed by atoms with Crippen molar-refractivity contribution in [1.82, 2.24) is 4.57 Å². The van der Waals surface area contributed by atoms with Gasteiger partial charge in [-0.05, 0) is 23.0 Å². The van der Waals surface area contributed by atoms with Crippen molar-refractivity contribution in [3.8, 4) is 0 Å². The molecular formula is C14H27NO3Si. The van der Waals surface area contributed by atoms with Gasteiger partial charge in [0.2, 0.25) is 5.91 Å². The van der Waals surface area contributed by atoms with Gasteiger partial charge in [0.25, 0.3) is 0 Å². The van der Waals surface area contributed by atoms with Crippen molar-refractivity contribution in [2.75, 3.05) is 0 Å². The molecule has 1 rings (SSSR count). The van der Waals surface area contributed by atoms with Crippen LogP contribution in [0.25, 0.3) is 0 Å². The van der Waals surface area contributed by atoms with Gasteiger partial charge in [0, 0.05) is 6.42 Å². The first-order valence-electron chi connectivity index (χ1n) is 7.22. The number of carbonyl (C=O) groups is 2. The number of hydrogen-bond acceptors (Lipinski definition) is 2. The molecule has 0 spiro atoms. The summed E-state index contributed by atoms with van der Waals surface area (Å²) in [6.45, 7) is 12.9. The number of amides is 1. The minimum absolute atomic E-state index is 0.0511. The third-order valence-electron chi connectivity index (χ3n) is 4.69. The summed E-state index contributed by atoms with van der Waals surface area (Å²) in [7, 11) is -2.18. The summed E-state index contributed by atoms with van der Waals surface area (Å²) >= 11 is 0. The van der Waals surface area contributed by atoms with Crippen molar-refractivity contribution in [3.05, 3.63) is 0 Å². The molecule has 0 bridgehead atoms. The number of nitrogens with zero attached hydrogens (tertiary/aromatic N) is 1. The highest BCUT2D eigenvalue weighted by atomic mass is 28.3. The molecule has 1 heterocycles. The zero-order chi connectivity index (χ0) is 15.0. The average Bonchev–Trinajstić information content (AvgIpc) is 2.60. The third kappa shape index (κ3) is 2.44. The van der Waals surface area contributed by atoms with Crippen molar-refractivity contribution in [3.63, 3.8) is 0 Å². The number of carboxylic acid groups (broad SMARTS) is 1. The minimum atomic E-state index is -2.18. The highest BCUT2D eigenvalue weighted by Gasteiger charge is 2.55. The second-order valence-corrected chi connectivity index (χ2v) is 12.2. The quantitative estimate of drug-likeness (QED) is 0.789. The minimum Gasteiger partial charge on any atom is -0.480 e. The topological polar surface area (TPSA) is 57.6 Å². The Hall–Kier alpha value is -0.843. The van der Waals surface area contributed by atoms with Crippen LogP contribution in [-0.4, -0.2) is 35.8 Å². The van der Waals surface area contributed by atoms with Crippen molar-refractivity contribution in [2.24, 2.45) is 0 Å². The smallest absolute Gasteiger partial charge is 0.325 e. The van der Waals surface area contributed by atoms with E-state index in [1.807, 2.05) is 4.57 Å². The van der Waals surface area contributed by atoms with E-state index in [1.165, 1.54) is 0 Å². The zero-order valence-corrected chi connectivity index (χ0v) is 13.9. The highest BCUT2D eigenvalue weighted by molar-refractivity contribution is 6.83. The molecule has 1 saturated heterocycles. The lowest BCUT2D eigenvalue weighted by Crippen LogP contribution is -2.64. The summed E-state index contributed by atoms with van der Waals surface area (Å²) < 4.78 is 1.83. The van der Waals surface area contributed by atoms with E-state index in [0.717, 1.165) is 0 Å². The van der Waals surface area contributed by atoms with Crippen molar-refractivity contribution >= 4 is 20.1 Å². The van der Waals surface area contributed by atoms with Gasteiger partial charge in [0.05, 0.1) is 0 Å². The predicted molar refractivity (Wildman–Crippen MR) is 78.6 cm³/mol. The van der Waals surface area contributed by atoms with E-state index in [9.17, 15) is 14.7 Å². The fraction of sp³-hybridized carbons (Fsp3) is 0.857. The number of rotatable bonds is 5. The van der Waals surface area contributed by atoms with Crippen LogP contribution in [0.15, 0.2) is 0 Å². The van der Waals surface area contributed by atoms with Crippen molar-refractivity contribution in [2.45, 2.75) is 77.0 Å². The molecule has 1 aliphatic rings. The maximum atomic E-state index is 12.3. The molecule has 0 aromatic rings. The molecule has 0 aliphatic carbocycles. The Labute approximate surface area is 117 Å². The van der Waals surface area contributed by atoms with Crippen LogP contribution in [0.4, 0.5) is 0 Å². The number of aliphatic carboxylic acids is 1. The van der Waals surface area contributed by atoms with E-state index >= 15 is 0 Å². The lowest BCUT2D eigenvalue weighted by molar-refractivity contribution is -0.143. The zero-order valence-electron chi connectivity index (χ0n) is 12.9. The SMILES string of the molecule is CC(C)[Si](C(C)C)(C(C)C)N1C(=O)CC[C@H]1C(=O)O. The Bertz CT molecular complexity index is 344.